The van der Waals surface area contributed by atoms with Crippen LogP contribution in [-0.4, -0.2) is 23.6 Å². The van der Waals surface area contributed by atoms with Crippen molar-refractivity contribution in [3.05, 3.63) is 58.6 Å². The number of esters is 1. The Bertz CT molecular complexity index is 799. The van der Waals surface area contributed by atoms with E-state index < -0.39 is 18.5 Å². The maximum absolute atomic E-state index is 11.7. The van der Waals surface area contributed by atoms with Gasteiger partial charge in [-0.15, -0.1) is 0 Å². The van der Waals surface area contributed by atoms with Crippen molar-refractivity contribution in [2.24, 2.45) is 0 Å². The number of hydrogen-bond donors (Lipinski definition) is 2. The third kappa shape index (κ3) is 4.22. The van der Waals surface area contributed by atoms with Crippen molar-refractivity contribution in [1.29, 1.82) is 5.26 Å². The van der Waals surface area contributed by atoms with Gasteiger partial charge in [-0.3, -0.25) is 4.79 Å². The van der Waals surface area contributed by atoms with Crippen LogP contribution in [0.4, 0.5) is 5.69 Å². The van der Waals surface area contributed by atoms with Gasteiger partial charge in [0.15, 0.2) is 6.61 Å². The lowest BCUT2D eigenvalue weighted by atomic mass is 10.2. The lowest BCUT2D eigenvalue weighted by Crippen LogP contribution is -2.21. The van der Waals surface area contributed by atoms with Crippen molar-refractivity contribution in [3.8, 4) is 11.8 Å². The number of anilines is 1. The number of halogens is 1. The molecule has 23 heavy (non-hydrogen) atoms. The maximum Gasteiger partial charge on any atom is 0.342 e. The van der Waals surface area contributed by atoms with E-state index in [9.17, 15) is 14.7 Å². The molecule has 7 heteroatoms. The molecule has 0 saturated carbocycles. The second-order valence-electron chi connectivity index (χ2n) is 4.45. The van der Waals surface area contributed by atoms with Crippen LogP contribution in [0.5, 0.6) is 5.75 Å². The molecule has 116 valence electrons. The molecule has 2 aromatic rings. The largest absolute Gasteiger partial charge is 0.507 e. The Morgan fingerprint density at radius 2 is 2.00 bits per heavy atom. The highest BCUT2D eigenvalue weighted by Crippen LogP contribution is 2.20. The van der Waals surface area contributed by atoms with E-state index in [1.165, 1.54) is 30.3 Å². The minimum atomic E-state index is -0.809. The van der Waals surface area contributed by atoms with Gasteiger partial charge in [0.2, 0.25) is 0 Å². The van der Waals surface area contributed by atoms with E-state index in [0.29, 0.717) is 5.69 Å². The third-order valence-corrected chi connectivity index (χ3v) is 3.14. The summed E-state index contributed by atoms with van der Waals surface area (Å²) in [6.45, 7) is -0.523. The summed E-state index contributed by atoms with van der Waals surface area (Å²) in [6.07, 6.45) is 0. The van der Waals surface area contributed by atoms with Crippen molar-refractivity contribution in [3.63, 3.8) is 0 Å². The molecule has 0 aromatic heterocycles. The Hall–Kier alpha value is -3.04. The zero-order valence-electron chi connectivity index (χ0n) is 11.7. The van der Waals surface area contributed by atoms with Crippen LogP contribution in [0.3, 0.4) is 0 Å². The molecule has 6 nitrogen and oxygen atoms in total. The molecule has 0 radical (unpaired) electrons. The van der Waals surface area contributed by atoms with Crippen LogP contribution < -0.4 is 5.32 Å². The number of ether oxygens (including phenoxy) is 1. The van der Waals surface area contributed by atoms with Gasteiger partial charge in [-0.2, -0.15) is 5.26 Å². The van der Waals surface area contributed by atoms with Gasteiger partial charge in [0.1, 0.15) is 17.4 Å². The zero-order valence-corrected chi connectivity index (χ0v) is 12.5. The Morgan fingerprint density at radius 1 is 1.26 bits per heavy atom. The highest BCUT2D eigenvalue weighted by Gasteiger charge is 2.14. The monoisotopic (exact) mass is 330 g/mol. The zero-order chi connectivity index (χ0) is 16.8. The van der Waals surface area contributed by atoms with E-state index in [1.807, 2.05) is 6.07 Å². The summed E-state index contributed by atoms with van der Waals surface area (Å²) < 4.78 is 4.82. The van der Waals surface area contributed by atoms with Gasteiger partial charge in [0.05, 0.1) is 10.6 Å². The first kappa shape index (κ1) is 16.3. The number of nitrogens with one attached hydrogen (secondary N) is 1. The van der Waals surface area contributed by atoms with E-state index >= 15 is 0 Å². The van der Waals surface area contributed by atoms with Gasteiger partial charge in [-0.05, 0) is 30.3 Å². The molecule has 0 unspecified atom stereocenters. The Morgan fingerprint density at radius 3 is 2.65 bits per heavy atom. The van der Waals surface area contributed by atoms with E-state index in [0.717, 1.165) is 0 Å². The van der Waals surface area contributed by atoms with Gasteiger partial charge in [-0.1, -0.05) is 23.7 Å². The fourth-order valence-corrected chi connectivity index (χ4v) is 1.96. The molecular formula is C16H11ClN2O4. The number of amides is 1. The second-order valence-corrected chi connectivity index (χ2v) is 4.86. The van der Waals surface area contributed by atoms with Crippen molar-refractivity contribution in [2.45, 2.75) is 0 Å². The topological polar surface area (TPSA) is 99.4 Å². The summed E-state index contributed by atoms with van der Waals surface area (Å²) in [6, 6.07) is 12.1. The molecule has 2 aromatic carbocycles. The van der Waals surface area contributed by atoms with Crippen LogP contribution in [0.25, 0.3) is 0 Å². The Balaban J connectivity index is 1.93. The fourth-order valence-electron chi connectivity index (χ4n) is 1.74. The Kier molecular flexibility index (Phi) is 5.18. The van der Waals surface area contributed by atoms with Gasteiger partial charge in [-0.25, -0.2) is 4.79 Å². The molecule has 0 aliphatic rings. The number of aromatic hydroxyl groups is 1. The number of rotatable bonds is 4. The van der Waals surface area contributed by atoms with E-state index in [-0.39, 0.29) is 21.9 Å². The smallest absolute Gasteiger partial charge is 0.342 e. The fraction of sp³-hybridized carbons (Fsp3) is 0.0625. The number of carbonyl (C=O) groups excluding carboxylic acids is 2. The van der Waals surface area contributed by atoms with Crippen LogP contribution in [0.2, 0.25) is 5.02 Å². The molecule has 0 heterocycles. The molecule has 0 aliphatic carbocycles. The number of benzene rings is 2. The summed E-state index contributed by atoms with van der Waals surface area (Å²) in [5.41, 5.74) is 0.634. The van der Waals surface area contributed by atoms with Crippen molar-refractivity contribution in [2.75, 3.05) is 11.9 Å². The maximum atomic E-state index is 11.7. The van der Waals surface area contributed by atoms with E-state index in [1.54, 1.807) is 12.1 Å². The quantitative estimate of drug-likeness (QED) is 0.840. The van der Waals surface area contributed by atoms with Crippen LogP contribution in [0.1, 0.15) is 15.9 Å². The van der Waals surface area contributed by atoms with Crippen LogP contribution in [-0.2, 0) is 9.53 Å². The molecule has 0 aliphatic heterocycles. The number of para-hydroxylation sites is 1. The average Bonchev–Trinajstić information content (AvgIpc) is 2.53. The summed E-state index contributed by atoms with van der Waals surface area (Å²) in [4.78, 5) is 23.5. The minimum absolute atomic E-state index is 0.0262. The first-order valence-corrected chi connectivity index (χ1v) is 6.83. The minimum Gasteiger partial charge on any atom is -0.507 e. The Labute approximate surface area is 136 Å². The van der Waals surface area contributed by atoms with E-state index in [4.69, 9.17) is 21.6 Å². The molecule has 2 rings (SSSR count). The van der Waals surface area contributed by atoms with Crippen LogP contribution >= 0.6 is 11.6 Å². The number of hydrogen-bond acceptors (Lipinski definition) is 5. The van der Waals surface area contributed by atoms with Crippen LogP contribution in [0.15, 0.2) is 42.5 Å². The molecule has 0 fully saturated rings. The van der Waals surface area contributed by atoms with Gasteiger partial charge in [0, 0.05) is 5.69 Å². The van der Waals surface area contributed by atoms with Crippen LogP contribution in [0, 0.1) is 11.3 Å². The van der Waals surface area contributed by atoms with Gasteiger partial charge >= 0.3 is 5.97 Å². The van der Waals surface area contributed by atoms with Crippen molar-refractivity contribution in [1.82, 2.24) is 0 Å². The summed E-state index contributed by atoms with van der Waals surface area (Å²) in [7, 11) is 0. The summed E-state index contributed by atoms with van der Waals surface area (Å²) in [5, 5.41) is 21.0. The number of nitrogens with zero attached hydrogens (tertiary/aromatic N) is 1. The first-order valence-electron chi connectivity index (χ1n) is 6.46. The normalized spacial score (nSPS) is 9.74. The number of phenolic OH excluding ortho intramolecular Hbond substituents is 1. The van der Waals surface area contributed by atoms with E-state index in [2.05, 4.69) is 5.32 Å². The van der Waals surface area contributed by atoms with Gasteiger partial charge < -0.3 is 15.2 Å². The number of carbonyl (C=O) groups is 2. The molecule has 2 N–H and O–H groups in total. The number of nitriles is 1. The van der Waals surface area contributed by atoms with Crippen molar-refractivity contribution < 1.29 is 19.4 Å². The summed E-state index contributed by atoms with van der Waals surface area (Å²) >= 11 is 5.85. The molecule has 0 saturated heterocycles. The predicted octanol–water partition coefficient (Wildman–Crippen LogP) is 2.71. The average molecular weight is 331 g/mol. The highest BCUT2D eigenvalue weighted by atomic mass is 35.5. The predicted molar refractivity (Wildman–Crippen MR) is 83.2 cm³/mol. The standard InChI is InChI=1S/C16H11ClN2O4/c17-13-7-11(6-5-10(13)8-18)19-15(21)9-23-16(22)12-3-1-2-4-14(12)20/h1-7,20H,9H2,(H,19,21). The van der Waals surface area contributed by atoms with Gasteiger partial charge in [0.25, 0.3) is 5.91 Å². The lowest BCUT2D eigenvalue weighted by Gasteiger charge is -2.08. The molecule has 1 amide bonds. The molecule has 0 bridgehead atoms. The highest BCUT2D eigenvalue weighted by molar-refractivity contribution is 6.32. The lowest BCUT2D eigenvalue weighted by molar-refractivity contribution is -0.119. The first-order chi connectivity index (χ1) is 11.0. The SMILES string of the molecule is N#Cc1ccc(NC(=O)COC(=O)c2ccccc2O)cc1Cl. The number of phenols is 1. The third-order valence-electron chi connectivity index (χ3n) is 2.83. The summed E-state index contributed by atoms with van der Waals surface area (Å²) in [5.74, 6) is -1.61. The molecule has 0 atom stereocenters. The van der Waals surface area contributed by atoms with Crippen molar-refractivity contribution >= 4 is 29.2 Å². The molecular weight excluding hydrogens is 320 g/mol. The molecule has 0 spiro atoms. The second kappa shape index (κ2) is 7.29.